The maximum Gasteiger partial charge on any atom is 0.272 e. The van der Waals surface area contributed by atoms with Gasteiger partial charge in [0.05, 0.1) is 17.1 Å². The van der Waals surface area contributed by atoms with E-state index < -0.39 is 5.91 Å². The third-order valence-corrected chi connectivity index (χ3v) is 9.46. The Balaban J connectivity index is 1.12. The van der Waals surface area contributed by atoms with E-state index in [0.29, 0.717) is 11.3 Å². The minimum Gasteiger partial charge on any atom is -0.321 e. The Morgan fingerprint density at radius 1 is 0.744 bits per heavy atom. The number of anilines is 3. The number of rotatable bonds is 8. The quantitative estimate of drug-likeness (QED) is 0.136. The molecule has 6 rings (SSSR count). The first-order valence-corrected chi connectivity index (χ1v) is 16.1. The molecule has 4 aromatic carbocycles. The highest BCUT2D eigenvalue weighted by atomic mass is 32.2. The summed E-state index contributed by atoms with van der Waals surface area (Å²) in [5, 5.41) is 7.53. The second-order valence-corrected chi connectivity index (χ2v) is 12.5. The number of hydrogen-bond donors (Lipinski definition) is 2. The summed E-state index contributed by atoms with van der Waals surface area (Å²) in [5.41, 5.74) is 2.95. The maximum atomic E-state index is 13.5. The molecule has 0 saturated carbocycles. The summed E-state index contributed by atoms with van der Waals surface area (Å²) in [4.78, 5) is 45.2. The maximum absolute atomic E-state index is 13.5. The average Bonchev–Trinajstić information content (AvgIpc) is 3.56. The van der Waals surface area contributed by atoms with Gasteiger partial charge in [0.15, 0.2) is 0 Å². The van der Waals surface area contributed by atoms with E-state index >= 15 is 0 Å². The van der Waals surface area contributed by atoms with Crippen LogP contribution in [0.3, 0.4) is 0 Å². The van der Waals surface area contributed by atoms with Crippen molar-refractivity contribution in [2.75, 3.05) is 16.0 Å². The van der Waals surface area contributed by atoms with E-state index in [-0.39, 0.29) is 23.3 Å². The lowest BCUT2D eigenvalue weighted by atomic mass is 10.2. The minimum absolute atomic E-state index is 0.0138. The fourth-order valence-corrected chi connectivity index (χ4v) is 6.94. The standard InChI is InChI=1S/C34H25N3O3S3/c38-32(37-28-12-4-6-14-30(28)43-31-15-7-5-13-29(31)37)22-42-25-18-16-24(17-19-25)35-34(40)27(21-26-11-8-20-41-26)36-33(39)23-9-2-1-3-10-23/h1-21H,22H2,(H,35,40)(H,36,39)/b27-21+. The number of nitrogens with zero attached hydrogens (tertiary/aromatic N) is 1. The predicted octanol–water partition coefficient (Wildman–Crippen LogP) is 8.08. The van der Waals surface area contributed by atoms with Crippen molar-refractivity contribution in [3.05, 3.63) is 137 Å². The monoisotopic (exact) mass is 619 g/mol. The Bertz CT molecular complexity index is 1760. The van der Waals surface area contributed by atoms with Crippen molar-refractivity contribution >= 4 is 75.7 Å². The molecule has 6 nitrogen and oxygen atoms in total. The number of thioether (sulfide) groups is 1. The van der Waals surface area contributed by atoms with Gasteiger partial charge in [-0.1, -0.05) is 60.3 Å². The SMILES string of the molecule is O=C(Nc1ccc(SCC(=O)N2c3ccccc3Sc3ccccc32)cc1)/C(=C\c1cccs1)NC(=O)c1ccccc1. The summed E-state index contributed by atoms with van der Waals surface area (Å²) in [6, 6.07) is 35.7. The highest BCUT2D eigenvalue weighted by molar-refractivity contribution is 8.00. The number of benzene rings is 4. The molecule has 0 saturated heterocycles. The zero-order valence-electron chi connectivity index (χ0n) is 22.7. The number of carbonyl (C=O) groups is 3. The number of carbonyl (C=O) groups excluding carboxylic acids is 3. The molecule has 0 radical (unpaired) electrons. The summed E-state index contributed by atoms with van der Waals surface area (Å²) in [6.07, 6.45) is 1.66. The zero-order valence-corrected chi connectivity index (χ0v) is 25.2. The van der Waals surface area contributed by atoms with Gasteiger partial charge in [0.2, 0.25) is 5.91 Å². The predicted molar refractivity (Wildman–Crippen MR) is 176 cm³/mol. The molecule has 1 aliphatic heterocycles. The molecule has 0 unspecified atom stereocenters. The van der Waals surface area contributed by atoms with Crippen molar-refractivity contribution in [1.82, 2.24) is 5.32 Å². The average molecular weight is 620 g/mol. The first-order chi connectivity index (χ1) is 21.0. The molecule has 0 atom stereocenters. The first kappa shape index (κ1) is 28.5. The molecule has 0 spiro atoms. The van der Waals surface area contributed by atoms with E-state index in [9.17, 15) is 14.4 Å². The molecular weight excluding hydrogens is 595 g/mol. The molecule has 212 valence electrons. The van der Waals surface area contributed by atoms with Crippen molar-refractivity contribution < 1.29 is 14.4 Å². The summed E-state index contributed by atoms with van der Waals surface area (Å²) < 4.78 is 0. The Labute approximate surface area is 261 Å². The smallest absolute Gasteiger partial charge is 0.272 e. The van der Waals surface area contributed by atoms with Crippen molar-refractivity contribution in [2.24, 2.45) is 0 Å². The second-order valence-electron chi connectivity index (χ2n) is 9.43. The van der Waals surface area contributed by atoms with E-state index in [1.165, 1.54) is 23.1 Å². The summed E-state index contributed by atoms with van der Waals surface area (Å²) in [6.45, 7) is 0. The Hall–Kier alpha value is -4.57. The topological polar surface area (TPSA) is 78.5 Å². The van der Waals surface area contributed by atoms with Crippen LogP contribution in [0, 0.1) is 0 Å². The van der Waals surface area contributed by atoms with Crippen LogP contribution in [0.15, 0.2) is 141 Å². The van der Waals surface area contributed by atoms with Crippen molar-refractivity contribution in [2.45, 2.75) is 14.7 Å². The Kier molecular flexibility index (Phi) is 8.74. The number of fused-ring (bicyclic) bond motifs is 2. The molecule has 9 heteroatoms. The van der Waals surface area contributed by atoms with Gasteiger partial charge in [-0.3, -0.25) is 19.3 Å². The highest BCUT2D eigenvalue weighted by Gasteiger charge is 2.27. The van der Waals surface area contributed by atoms with Crippen LogP contribution in [0.4, 0.5) is 17.1 Å². The van der Waals surface area contributed by atoms with Crippen LogP contribution >= 0.6 is 34.9 Å². The molecule has 0 aliphatic carbocycles. The van der Waals surface area contributed by atoms with Gasteiger partial charge in [-0.05, 0) is 78.2 Å². The third kappa shape index (κ3) is 6.75. The normalized spacial score (nSPS) is 12.2. The lowest BCUT2D eigenvalue weighted by Crippen LogP contribution is -2.30. The zero-order chi connectivity index (χ0) is 29.6. The molecule has 0 fully saturated rings. The van der Waals surface area contributed by atoms with Gasteiger partial charge in [0.1, 0.15) is 5.70 Å². The number of amides is 3. The van der Waals surface area contributed by atoms with Crippen molar-refractivity contribution in [3.63, 3.8) is 0 Å². The van der Waals surface area contributed by atoms with Crippen LogP contribution in [0.2, 0.25) is 0 Å². The highest BCUT2D eigenvalue weighted by Crippen LogP contribution is 2.48. The summed E-state index contributed by atoms with van der Waals surface area (Å²) >= 11 is 4.57. The minimum atomic E-state index is -0.437. The van der Waals surface area contributed by atoms with E-state index in [1.54, 1.807) is 59.1 Å². The van der Waals surface area contributed by atoms with Crippen molar-refractivity contribution in [3.8, 4) is 0 Å². The van der Waals surface area contributed by atoms with Gasteiger partial charge in [-0.15, -0.1) is 23.1 Å². The molecule has 1 aromatic heterocycles. The van der Waals surface area contributed by atoms with Crippen LogP contribution in [0.5, 0.6) is 0 Å². The van der Waals surface area contributed by atoms with Gasteiger partial charge < -0.3 is 10.6 Å². The van der Waals surface area contributed by atoms with Crippen LogP contribution in [-0.2, 0) is 9.59 Å². The van der Waals surface area contributed by atoms with Crippen LogP contribution < -0.4 is 15.5 Å². The van der Waals surface area contributed by atoms with Gasteiger partial charge >= 0.3 is 0 Å². The lowest BCUT2D eigenvalue weighted by molar-refractivity contribution is -0.115. The Morgan fingerprint density at radius 2 is 1.40 bits per heavy atom. The molecule has 0 bridgehead atoms. The number of thiophene rings is 1. The largest absolute Gasteiger partial charge is 0.321 e. The first-order valence-electron chi connectivity index (χ1n) is 13.4. The molecule has 43 heavy (non-hydrogen) atoms. The van der Waals surface area contributed by atoms with Gasteiger partial charge in [0, 0.05) is 30.8 Å². The summed E-state index contributed by atoms with van der Waals surface area (Å²) in [7, 11) is 0. The molecule has 1 aliphatic rings. The van der Waals surface area contributed by atoms with E-state index in [1.807, 2.05) is 84.2 Å². The Morgan fingerprint density at radius 3 is 2.05 bits per heavy atom. The van der Waals surface area contributed by atoms with Gasteiger partial charge in [-0.2, -0.15) is 0 Å². The number of hydrogen-bond acceptors (Lipinski definition) is 6. The lowest BCUT2D eigenvalue weighted by Gasteiger charge is -2.31. The van der Waals surface area contributed by atoms with Gasteiger partial charge in [-0.25, -0.2) is 0 Å². The number of para-hydroxylation sites is 2. The van der Waals surface area contributed by atoms with Crippen LogP contribution in [0.25, 0.3) is 6.08 Å². The molecule has 3 amide bonds. The molecule has 5 aromatic rings. The third-order valence-electron chi connectivity index (χ3n) is 6.51. The second kappa shape index (κ2) is 13.2. The van der Waals surface area contributed by atoms with E-state index in [4.69, 9.17) is 0 Å². The molecule has 2 heterocycles. The van der Waals surface area contributed by atoms with E-state index in [0.717, 1.165) is 30.9 Å². The number of nitrogens with one attached hydrogen (secondary N) is 2. The van der Waals surface area contributed by atoms with Crippen LogP contribution in [-0.4, -0.2) is 23.5 Å². The molecular formula is C34H25N3O3S3. The molecule has 2 N–H and O–H groups in total. The fraction of sp³-hybridized carbons (Fsp3) is 0.0294. The van der Waals surface area contributed by atoms with E-state index in [2.05, 4.69) is 10.6 Å². The van der Waals surface area contributed by atoms with Crippen LogP contribution in [0.1, 0.15) is 15.2 Å². The fourth-order valence-electron chi connectivity index (χ4n) is 4.47. The van der Waals surface area contributed by atoms with Gasteiger partial charge in [0.25, 0.3) is 11.8 Å². The summed E-state index contributed by atoms with van der Waals surface area (Å²) in [5.74, 6) is -0.570. The van der Waals surface area contributed by atoms with Crippen molar-refractivity contribution in [1.29, 1.82) is 0 Å².